The summed E-state index contributed by atoms with van der Waals surface area (Å²) in [7, 11) is 2.44. The van der Waals surface area contributed by atoms with Crippen molar-refractivity contribution >= 4 is 10.8 Å². The molecule has 0 saturated heterocycles. The average Bonchev–Trinajstić information content (AvgIpc) is 2.47. The highest BCUT2D eigenvalue weighted by atomic mass is 32.2. The molecule has 1 aliphatic carbocycles. The number of ether oxygens (including phenoxy) is 2. The van der Waals surface area contributed by atoms with Crippen LogP contribution in [0.15, 0.2) is 18.2 Å². The molecule has 4 nitrogen and oxygen atoms in total. The third-order valence-electron chi connectivity index (χ3n) is 3.84. The topological polar surface area (TPSA) is 61.5 Å². The Morgan fingerprint density at radius 1 is 1.40 bits per heavy atom. The van der Waals surface area contributed by atoms with Gasteiger partial charge in [-0.05, 0) is 42.5 Å². The van der Waals surface area contributed by atoms with E-state index in [1.807, 2.05) is 18.2 Å². The highest BCUT2D eigenvalue weighted by molar-refractivity contribution is 7.85. The van der Waals surface area contributed by atoms with E-state index in [0.29, 0.717) is 12.4 Å². The number of aryl methyl sites for hydroxylation is 1. The van der Waals surface area contributed by atoms with Gasteiger partial charge in [-0.3, -0.25) is 4.21 Å². The molecule has 20 heavy (non-hydrogen) atoms. The summed E-state index contributed by atoms with van der Waals surface area (Å²) in [4.78, 5) is 0. The van der Waals surface area contributed by atoms with Gasteiger partial charge >= 0.3 is 0 Å². The van der Waals surface area contributed by atoms with E-state index in [2.05, 4.69) is 0 Å². The number of hydrogen-bond donors (Lipinski definition) is 1. The van der Waals surface area contributed by atoms with Crippen molar-refractivity contribution < 1.29 is 13.7 Å². The predicted octanol–water partition coefficient (Wildman–Crippen LogP) is 1.80. The van der Waals surface area contributed by atoms with Crippen molar-refractivity contribution in [3.63, 3.8) is 0 Å². The minimum absolute atomic E-state index is 0.0488. The Morgan fingerprint density at radius 2 is 2.20 bits per heavy atom. The maximum Gasteiger partial charge on any atom is 0.119 e. The minimum Gasteiger partial charge on any atom is -0.497 e. The van der Waals surface area contributed by atoms with Gasteiger partial charge in [0.15, 0.2) is 0 Å². The molecule has 3 atom stereocenters. The van der Waals surface area contributed by atoms with Crippen LogP contribution in [-0.4, -0.2) is 36.0 Å². The predicted molar refractivity (Wildman–Crippen MR) is 81.5 cm³/mol. The van der Waals surface area contributed by atoms with E-state index < -0.39 is 10.8 Å². The van der Waals surface area contributed by atoms with E-state index in [0.717, 1.165) is 30.6 Å². The number of hydrogen-bond acceptors (Lipinski definition) is 4. The molecular weight excluding hydrogens is 274 g/mol. The molecule has 0 bridgehead atoms. The summed E-state index contributed by atoms with van der Waals surface area (Å²) >= 11 is 0. The molecule has 3 unspecified atom stereocenters. The third kappa shape index (κ3) is 3.40. The van der Waals surface area contributed by atoms with Gasteiger partial charge in [0.25, 0.3) is 0 Å². The van der Waals surface area contributed by atoms with Crippen molar-refractivity contribution in [2.45, 2.75) is 30.6 Å². The van der Waals surface area contributed by atoms with Crippen molar-refractivity contribution in [2.75, 3.05) is 26.6 Å². The van der Waals surface area contributed by atoms with Crippen molar-refractivity contribution in [1.29, 1.82) is 0 Å². The highest BCUT2D eigenvalue weighted by Gasteiger charge is 2.30. The molecule has 112 valence electrons. The van der Waals surface area contributed by atoms with Gasteiger partial charge in [-0.2, -0.15) is 0 Å². The van der Waals surface area contributed by atoms with E-state index in [1.165, 1.54) is 5.56 Å². The summed E-state index contributed by atoms with van der Waals surface area (Å²) in [6.07, 6.45) is 2.61. The van der Waals surface area contributed by atoms with E-state index in [9.17, 15) is 4.21 Å². The van der Waals surface area contributed by atoms with E-state index in [-0.39, 0.29) is 11.3 Å². The van der Waals surface area contributed by atoms with Crippen LogP contribution in [0.25, 0.3) is 0 Å². The summed E-state index contributed by atoms with van der Waals surface area (Å²) in [5.41, 5.74) is 8.66. The van der Waals surface area contributed by atoms with Gasteiger partial charge in [0.1, 0.15) is 5.75 Å². The van der Waals surface area contributed by atoms with Crippen LogP contribution < -0.4 is 10.5 Å². The van der Waals surface area contributed by atoms with Gasteiger partial charge in [0, 0.05) is 36.3 Å². The normalized spacial score (nSPS) is 23.1. The SMILES string of the molecule is COCCCS(=O)C1CCc2cc(OC)ccc2C1N. The molecule has 5 heteroatoms. The molecule has 2 N–H and O–H groups in total. The summed E-state index contributed by atoms with van der Waals surface area (Å²) in [6, 6.07) is 5.83. The van der Waals surface area contributed by atoms with Crippen molar-refractivity contribution in [3.8, 4) is 5.75 Å². The van der Waals surface area contributed by atoms with Gasteiger partial charge in [-0.15, -0.1) is 0 Å². The van der Waals surface area contributed by atoms with Gasteiger partial charge in [-0.1, -0.05) is 6.07 Å². The molecule has 0 aromatic heterocycles. The fourth-order valence-electron chi connectivity index (χ4n) is 2.72. The first kappa shape index (κ1) is 15.5. The summed E-state index contributed by atoms with van der Waals surface area (Å²) in [5.74, 6) is 1.52. The molecule has 1 aliphatic rings. The van der Waals surface area contributed by atoms with Crippen LogP contribution >= 0.6 is 0 Å². The van der Waals surface area contributed by atoms with Crippen LogP contribution in [0.4, 0.5) is 0 Å². The standard InChI is InChI=1S/C15H23NO3S/c1-18-8-3-9-20(17)14-7-4-11-10-12(19-2)5-6-13(11)15(14)16/h5-6,10,14-15H,3-4,7-9,16H2,1-2H3. The maximum absolute atomic E-state index is 12.4. The molecular formula is C15H23NO3S. The number of fused-ring (bicyclic) bond motifs is 1. The Bertz CT molecular complexity index is 478. The van der Waals surface area contributed by atoms with Gasteiger partial charge in [0.2, 0.25) is 0 Å². The second-order valence-electron chi connectivity index (χ2n) is 5.10. The first-order valence-corrected chi connectivity index (χ1v) is 8.34. The van der Waals surface area contributed by atoms with Crippen molar-refractivity contribution in [3.05, 3.63) is 29.3 Å². The van der Waals surface area contributed by atoms with Crippen LogP contribution in [0, 0.1) is 0 Å². The molecule has 0 heterocycles. The molecule has 0 radical (unpaired) electrons. The van der Waals surface area contributed by atoms with Crippen LogP contribution in [0.1, 0.15) is 30.0 Å². The minimum atomic E-state index is -0.889. The zero-order chi connectivity index (χ0) is 14.5. The Hall–Kier alpha value is -0.910. The average molecular weight is 297 g/mol. The van der Waals surface area contributed by atoms with Crippen LogP contribution in [0.5, 0.6) is 5.75 Å². The molecule has 2 rings (SSSR count). The van der Waals surface area contributed by atoms with Gasteiger partial charge < -0.3 is 15.2 Å². The molecule has 0 spiro atoms. The molecule has 0 aliphatic heterocycles. The molecule has 1 aromatic carbocycles. The second-order valence-corrected chi connectivity index (χ2v) is 6.87. The Kier molecular flexibility index (Phi) is 5.57. The monoisotopic (exact) mass is 297 g/mol. The number of nitrogens with two attached hydrogens (primary N) is 1. The molecule has 1 aromatic rings. The maximum atomic E-state index is 12.4. The molecule has 0 fully saturated rings. The lowest BCUT2D eigenvalue weighted by Crippen LogP contribution is -2.36. The first-order valence-electron chi connectivity index (χ1n) is 6.96. The largest absolute Gasteiger partial charge is 0.497 e. The smallest absolute Gasteiger partial charge is 0.119 e. The first-order chi connectivity index (χ1) is 9.67. The fourth-order valence-corrected chi connectivity index (χ4v) is 4.28. The van der Waals surface area contributed by atoms with Crippen LogP contribution in [-0.2, 0) is 22.0 Å². The number of methoxy groups -OCH3 is 2. The highest BCUT2D eigenvalue weighted by Crippen LogP contribution is 2.33. The summed E-state index contributed by atoms with van der Waals surface area (Å²) in [6.45, 7) is 0.654. The van der Waals surface area contributed by atoms with Crippen LogP contribution in [0.2, 0.25) is 0 Å². The van der Waals surface area contributed by atoms with E-state index >= 15 is 0 Å². The Labute approximate surface area is 123 Å². The Balaban J connectivity index is 2.07. The second kappa shape index (κ2) is 7.20. The number of rotatable bonds is 6. The zero-order valence-corrected chi connectivity index (χ0v) is 12.9. The lowest BCUT2D eigenvalue weighted by molar-refractivity contribution is 0.200. The Morgan fingerprint density at radius 3 is 2.90 bits per heavy atom. The zero-order valence-electron chi connectivity index (χ0n) is 12.1. The van der Waals surface area contributed by atoms with Crippen molar-refractivity contribution in [2.24, 2.45) is 5.73 Å². The summed E-state index contributed by atoms with van der Waals surface area (Å²) in [5, 5.41) is 0.0488. The lowest BCUT2D eigenvalue weighted by Gasteiger charge is -2.30. The quantitative estimate of drug-likeness (QED) is 0.813. The molecule has 0 amide bonds. The number of benzene rings is 1. The van der Waals surface area contributed by atoms with E-state index in [1.54, 1.807) is 14.2 Å². The van der Waals surface area contributed by atoms with Gasteiger partial charge in [0.05, 0.1) is 12.4 Å². The summed E-state index contributed by atoms with van der Waals surface area (Å²) < 4.78 is 22.6. The van der Waals surface area contributed by atoms with E-state index in [4.69, 9.17) is 15.2 Å². The fraction of sp³-hybridized carbons (Fsp3) is 0.600. The lowest BCUT2D eigenvalue weighted by atomic mass is 9.87. The van der Waals surface area contributed by atoms with Gasteiger partial charge in [-0.25, -0.2) is 0 Å². The third-order valence-corrected chi connectivity index (χ3v) is 5.73. The van der Waals surface area contributed by atoms with Crippen LogP contribution in [0.3, 0.4) is 0 Å². The molecule has 0 saturated carbocycles. The van der Waals surface area contributed by atoms with Crippen molar-refractivity contribution in [1.82, 2.24) is 0 Å².